The van der Waals surface area contributed by atoms with E-state index in [1.807, 2.05) is 16.9 Å². The quantitative estimate of drug-likeness (QED) is 0.337. The van der Waals surface area contributed by atoms with E-state index in [0.717, 1.165) is 47.8 Å². The fourth-order valence-electron chi connectivity index (χ4n) is 3.81. The lowest BCUT2D eigenvalue weighted by Crippen LogP contribution is -2.43. The number of hydrogen-bond donors (Lipinski definition) is 2. The summed E-state index contributed by atoms with van der Waals surface area (Å²) in [7, 11) is -5.65. The molecule has 0 bridgehead atoms. The molecule has 0 saturated carbocycles. The molecule has 0 spiro atoms. The van der Waals surface area contributed by atoms with Gasteiger partial charge in [0.2, 0.25) is 15.9 Å². The normalized spacial score (nSPS) is 14.6. The molecule has 1 aromatic heterocycles. The molecule has 196 valence electrons. The Hall–Kier alpha value is -2.69. The molecular weight excluding hydrogens is 494 g/mol. The number of amides is 2. The number of sulfonamides is 1. The molecule has 0 fully saturated rings. The van der Waals surface area contributed by atoms with Crippen LogP contribution in [0, 0.1) is 0 Å². The van der Waals surface area contributed by atoms with Crippen molar-refractivity contribution in [2.24, 2.45) is 0 Å². The zero-order chi connectivity index (χ0) is 26.7. The summed E-state index contributed by atoms with van der Waals surface area (Å²) in [6.07, 6.45) is 6.61. The Morgan fingerprint density at radius 3 is 2.61 bits per heavy atom. The number of anilines is 1. The lowest BCUT2D eigenvalue weighted by molar-refractivity contribution is 0.149. The first-order valence-corrected chi connectivity index (χ1v) is 16.8. The molecule has 1 unspecified atom stereocenters. The largest absolute Gasteiger partial charge is 0.468 e. The van der Waals surface area contributed by atoms with Gasteiger partial charge in [-0.1, -0.05) is 39.5 Å². The first-order chi connectivity index (χ1) is 16.7. The number of fused-ring (bicyclic) bond motifs is 1. The Morgan fingerprint density at radius 1 is 1.25 bits per heavy atom. The van der Waals surface area contributed by atoms with Crippen LogP contribution < -0.4 is 14.8 Å². The predicted molar refractivity (Wildman–Crippen MR) is 146 cm³/mol. The third-order valence-electron chi connectivity index (χ3n) is 6.79. The summed E-state index contributed by atoms with van der Waals surface area (Å²) in [5.41, 5.74) is 4.32. The maximum atomic E-state index is 12.4. The maximum absolute atomic E-state index is 12.4. The Balaban J connectivity index is 1.86. The summed E-state index contributed by atoms with van der Waals surface area (Å²) < 4.78 is 37.5. The third kappa shape index (κ3) is 6.95. The molecule has 8 nitrogen and oxygen atoms in total. The van der Waals surface area contributed by atoms with Gasteiger partial charge in [-0.2, -0.15) is 0 Å². The van der Waals surface area contributed by atoms with E-state index in [1.54, 1.807) is 18.3 Å². The average molecular weight is 532 g/mol. The number of benzene rings is 1. The van der Waals surface area contributed by atoms with E-state index in [0.29, 0.717) is 18.2 Å². The molecule has 3 rings (SSSR count). The van der Waals surface area contributed by atoms with Crippen molar-refractivity contribution in [3.8, 4) is 17.0 Å². The van der Waals surface area contributed by atoms with Gasteiger partial charge in [-0.15, -0.1) is 0 Å². The Labute approximate surface area is 215 Å². The summed E-state index contributed by atoms with van der Waals surface area (Å²) in [5, 5.41) is 2.85. The van der Waals surface area contributed by atoms with Crippen LogP contribution in [0.1, 0.15) is 38.3 Å². The second kappa shape index (κ2) is 10.7. The van der Waals surface area contributed by atoms with E-state index < -0.39 is 24.4 Å². The number of carbonyl (C=O) groups excluding carboxylic acids is 1. The highest BCUT2D eigenvalue weighted by molar-refractivity contribution is 7.89. The van der Waals surface area contributed by atoms with Crippen molar-refractivity contribution in [3.05, 3.63) is 54.2 Å². The van der Waals surface area contributed by atoms with Crippen LogP contribution in [-0.4, -0.2) is 46.7 Å². The molecule has 1 heterocycles. The molecule has 0 radical (unpaired) electrons. The zero-order valence-electron chi connectivity index (χ0n) is 22.0. The summed E-state index contributed by atoms with van der Waals surface area (Å²) >= 11 is 0. The van der Waals surface area contributed by atoms with Crippen molar-refractivity contribution in [1.29, 1.82) is 0 Å². The molecule has 1 aromatic carbocycles. The smallest absolute Gasteiger partial charge is 0.332 e. The summed E-state index contributed by atoms with van der Waals surface area (Å²) in [5.74, 6) is 0.406. The van der Waals surface area contributed by atoms with Crippen molar-refractivity contribution in [2.75, 3.05) is 18.2 Å². The van der Waals surface area contributed by atoms with Crippen molar-refractivity contribution >= 4 is 30.1 Å². The van der Waals surface area contributed by atoms with Crippen LogP contribution in [-0.2, 0) is 27.3 Å². The predicted octanol–water partition coefficient (Wildman–Crippen LogP) is 5.27. The van der Waals surface area contributed by atoms with Gasteiger partial charge >= 0.3 is 6.03 Å². The molecule has 36 heavy (non-hydrogen) atoms. The standard InChI is InChI=1S/C26H37N3O5SSi/c1-8-20(17-33-36(6,7)26(2,3)4)34-23-16-19(14-15-27-23)22-13-12-18-10-9-11-21(18)24(22)28-25(30)29-35(5,31)32/h8,12-16,20H,1,9-11,17H2,2-7H3,(H2,28,29,30). The van der Waals surface area contributed by atoms with E-state index >= 15 is 0 Å². The summed E-state index contributed by atoms with van der Waals surface area (Å²) in [4.78, 5) is 16.8. The van der Waals surface area contributed by atoms with Gasteiger partial charge < -0.3 is 14.5 Å². The number of carbonyl (C=O) groups is 1. The number of hydrogen-bond acceptors (Lipinski definition) is 6. The Morgan fingerprint density at radius 2 is 1.97 bits per heavy atom. The molecule has 0 saturated heterocycles. The average Bonchev–Trinajstić information content (AvgIpc) is 3.24. The molecule has 1 aliphatic rings. The third-order valence-corrected chi connectivity index (χ3v) is 11.9. The number of ether oxygens (including phenoxy) is 1. The lowest BCUT2D eigenvalue weighted by atomic mass is 9.98. The van der Waals surface area contributed by atoms with Gasteiger partial charge in [0.05, 0.1) is 18.6 Å². The highest BCUT2D eigenvalue weighted by atomic mass is 32.2. The summed E-state index contributed by atoms with van der Waals surface area (Å²) in [6, 6.07) is 6.83. The van der Waals surface area contributed by atoms with Gasteiger partial charge in [0.15, 0.2) is 8.32 Å². The van der Waals surface area contributed by atoms with Gasteiger partial charge in [-0.25, -0.2) is 22.9 Å². The highest BCUT2D eigenvalue weighted by Crippen LogP contribution is 2.39. The van der Waals surface area contributed by atoms with Crippen molar-refractivity contribution < 1.29 is 22.4 Å². The molecule has 0 aliphatic heterocycles. The van der Waals surface area contributed by atoms with Crippen molar-refractivity contribution in [3.63, 3.8) is 0 Å². The first kappa shape index (κ1) is 27.9. The zero-order valence-corrected chi connectivity index (χ0v) is 23.8. The van der Waals surface area contributed by atoms with Gasteiger partial charge in [0.1, 0.15) is 6.10 Å². The maximum Gasteiger partial charge on any atom is 0.332 e. The van der Waals surface area contributed by atoms with Gasteiger partial charge in [0.25, 0.3) is 0 Å². The number of pyridine rings is 1. The second-order valence-corrected chi connectivity index (χ2v) is 17.2. The minimum Gasteiger partial charge on any atom is -0.468 e. The Kier molecular flexibility index (Phi) is 8.32. The number of aryl methyl sites for hydroxylation is 1. The van der Waals surface area contributed by atoms with Crippen LogP contribution in [0.15, 0.2) is 43.1 Å². The molecule has 2 aromatic rings. The molecule has 10 heteroatoms. The molecule has 2 N–H and O–H groups in total. The summed E-state index contributed by atoms with van der Waals surface area (Å²) in [6.45, 7) is 15.2. The van der Waals surface area contributed by atoms with Crippen LogP contribution >= 0.6 is 0 Å². The fourth-order valence-corrected chi connectivity index (χ4v) is 5.21. The second-order valence-electron chi connectivity index (χ2n) is 10.7. The SMILES string of the molecule is C=CC(CO[Si](C)(C)C(C)(C)C)Oc1cc(-c2ccc3c(c2NC(=O)NS(C)(=O)=O)CCC3)ccn1. The van der Waals surface area contributed by atoms with Gasteiger partial charge in [-0.05, 0) is 66.2 Å². The Bertz CT molecular complexity index is 1240. The van der Waals surface area contributed by atoms with Gasteiger partial charge in [0, 0.05) is 17.8 Å². The number of nitrogens with zero attached hydrogens (tertiary/aromatic N) is 1. The highest BCUT2D eigenvalue weighted by Gasteiger charge is 2.37. The number of nitrogens with one attached hydrogen (secondary N) is 2. The number of urea groups is 1. The number of rotatable bonds is 9. The lowest BCUT2D eigenvalue weighted by Gasteiger charge is -2.36. The van der Waals surface area contributed by atoms with E-state index in [-0.39, 0.29) is 11.1 Å². The van der Waals surface area contributed by atoms with E-state index in [4.69, 9.17) is 9.16 Å². The van der Waals surface area contributed by atoms with E-state index in [9.17, 15) is 13.2 Å². The first-order valence-electron chi connectivity index (χ1n) is 12.0. The van der Waals surface area contributed by atoms with Crippen LogP contribution in [0.5, 0.6) is 5.88 Å². The minimum absolute atomic E-state index is 0.0806. The van der Waals surface area contributed by atoms with Crippen LogP contribution in [0.25, 0.3) is 11.1 Å². The van der Waals surface area contributed by atoms with E-state index in [1.165, 1.54) is 0 Å². The fraction of sp³-hybridized carbons (Fsp3) is 0.462. The molecule has 1 aliphatic carbocycles. The topological polar surface area (TPSA) is 107 Å². The molecule has 1 atom stereocenters. The minimum atomic E-state index is -3.69. The van der Waals surface area contributed by atoms with Gasteiger partial charge in [-0.3, -0.25) is 0 Å². The molecular formula is C26H37N3O5SSi. The van der Waals surface area contributed by atoms with Crippen molar-refractivity contribution in [2.45, 2.75) is 64.3 Å². The number of aromatic nitrogens is 1. The monoisotopic (exact) mass is 531 g/mol. The van der Waals surface area contributed by atoms with Crippen LogP contribution in [0.2, 0.25) is 18.1 Å². The van der Waals surface area contributed by atoms with E-state index in [2.05, 4.69) is 56.8 Å². The molecule has 2 amide bonds. The van der Waals surface area contributed by atoms with Crippen molar-refractivity contribution in [1.82, 2.24) is 9.71 Å². The van der Waals surface area contributed by atoms with Crippen LogP contribution in [0.3, 0.4) is 0 Å². The van der Waals surface area contributed by atoms with Crippen LogP contribution in [0.4, 0.5) is 10.5 Å².